The fraction of sp³-hybridized carbons (Fsp3) is 0.520. The minimum atomic E-state index is -1.17. The van der Waals surface area contributed by atoms with Crippen molar-refractivity contribution in [1.29, 1.82) is 0 Å². The molecule has 2 nitrogen and oxygen atoms in total. The number of benzene rings is 2. The molecule has 2 aromatic rings. The Morgan fingerprint density at radius 3 is 1.54 bits per heavy atom. The molecule has 3 heteroatoms. The van der Waals surface area contributed by atoms with E-state index >= 15 is 0 Å². The summed E-state index contributed by atoms with van der Waals surface area (Å²) in [5.74, 6) is 0.804. The van der Waals surface area contributed by atoms with Crippen molar-refractivity contribution in [1.82, 2.24) is 0 Å². The van der Waals surface area contributed by atoms with E-state index in [1.54, 1.807) is 0 Å². The molecule has 1 atom stereocenters. The van der Waals surface area contributed by atoms with E-state index in [2.05, 4.69) is 86.6 Å². The maximum Gasteiger partial charge on any atom is 0.123 e. The number of aromatic hydroxyl groups is 1. The van der Waals surface area contributed by atoms with Crippen molar-refractivity contribution in [3.05, 3.63) is 58.7 Å². The van der Waals surface area contributed by atoms with Crippen molar-refractivity contribution < 1.29 is 9.32 Å². The zero-order valence-corrected chi connectivity index (χ0v) is 19.8. The molecule has 0 amide bonds. The van der Waals surface area contributed by atoms with E-state index in [-0.39, 0.29) is 16.2 Å². The van der Waals surface area contributed by atoms with Gasteiger partial charge in [0.25, 0.3) is 0 Å². The van der Waals surface area contributed by atoms with Gasteiger partial charge < -0.3 is 5.11 Å². The third-order valence-electron chi connectivity index (χ3n) is 5.08. The first-order valence-corrected chi connectivity index (χ1v) is 11.3. The average Bonchev–Trinajstić information content (AvgIpc) is 2.52. The van der Waals surface area contributed by atoms with Gasteiger partial charge in [0.05, 0.1) is 16.6 Å². The van der Waals surface area contributed by atoms with Gasteiger partial charge >= 0.3 is 0 Å². The molecule has 0 heterocycles. The summed E-state index contributed by atoms with van der Waals surface area (Å²) in [7, 11) is -1.17. The van der Waals surface area contributed by atoms with E-state index in [0.717, 1.165) is 21.6 Å². The Bertz CT molecular complexity index is 822. The summed E-state index contributed by atoms with van der Waals surface area (Å²) in [6.45, 7) is 19.0. The summed E-state index contributed by atoms with van der Waals surface area (Å²) in [4.78, 5) is 0.785. The topological polar surface area (TPSA) is 37.3 Å². The number of phenolic OH excluding ortho intramolecular Hbond substituents is 1. The highest BCUT2D eigenvalue weighted by Gasteiger charge is 2.27. The van der Waals surface area contributed by atoms with Crippen LogP contribution in [0, 0.1) is 0 Å². The van der Waals surface area contributed by atoms with Gasteiger partial charge in [0, 0.05) is 16.0 Å². The Labute approximate surface area is 173 Å². The number of hydrogen-bond donors (Lipinski definition) is 1. The SMILES string of the molecule is CC(C)(C)c1ccc(CS(=O)c2cc(C(C)(C)C)c(O)c(C(C)(C)C)c2)cc1. The molecule has 0 aromatic heterocycles. The van der Waals surface area contributed by atoms with Crippen LogP contribution in [-0.4, -0.2) is 9.32 Å². The van der Waals surface area contributed by atoms with Crippen LogP contribution in [0.3, 0.4) is 0 Å². The van der Waals surface area contributed by atoms with Crippen LogP contribution >= 0.6 is 0 Å². The van der Waals surface area contributed by atoms with E-state index in [9.17, 15) is 9.32 Å². The van der Waals surface area contributed by atoms with Crippen molar-refractivity contribution in [3.63, 3.8) is 0 Å². The van der Waals surface area contributed by atoms with E-state index in [0.29, 0.717) is 11.5 Å². The predicted molar refractivity (Wildman–Crippen MR) is 121 cm³/mol. The molecule has 2 aromatic carbocycles. The molecule has 2 rings (SSSR count). The summed E-state index contributed by atoms with van der Waals surface area (Å²) in [6, 6.07) is 12.3. The zero-order valence-electron chi connectivity index (χ0n) is 18.9. The van der Waals surface area contributed by atoms with Gasteiger partial charge in [-0.05, 0) is 39.5 Å². The lowest BCUT2D eigenvalue weighted by atomic mass is 9.79. The molecule has 1 unspecified atom stereocenters. The van der Waals surface area contributed by atoms with Gasteiger partial charge in [-0.2, -0.15) is 0 Å². The molecular formula is C25H36O2S. The molecular weight excluding hydrogens is 364 g/mol. The van der Waals surface area contributed by atoms with Crippen LogP contribution in [0.1, 0.15) is 84.6 Å². The van der Waals surface area contributed by atoms with Crippen molar-refractivity contribution in [2.45, 2.75) is 89.2 Å². The van der Waals surface area contributed by atoms with Gasteiger partial charge in [0.1, 0.15) is 5.75 Å². The maximum absolute atomic E-state index is 13.2. The quantitative estimate of drug-likeness (QED) is 0.631. The van der Waals surface area contributed by atoms with Crippen molar-refractivity contribution in [2.24, 2.45) is 0 Å². The summed E-state index contributed by atoms with van der Waals surface area (Å²) < 4.78 is 13.2. The largest absolute Gasteiger partial charge is 0.507 e. The third kappa shape index (κ3) is 5.26. The van der Waals surface area contributed by atoms with Crippen LogP contribution < -0.4 is 0 Å². The Hall–Kier alpha value is -1.61. The van der Waals surface area contributed by atoms with Gasteiger partial charge in [-0.3, -0.25) is 4.21 Å². The molecule has 0 aliphatic heterocycles. The van der Waals surface area contributed by atoms with E-state index < -0.39 is 10.8 Å². The Morgan fingerprint density at radius 2 is 1.18 bits per heavy atom. The van der Waals surface area contributed by atoms with Gasteiger partial charge in [0.2, 0.25) is 0 Å². The van der Waals surface area contributed by atoms with Crippen molar-refractivity contribution in [3.8, 4) is 5.75 Å². The summed E-state index contributed by atoms with van der Waals surface area (Å²) >= 11 is 0. The fourth-order valence-corrected chi connectivity index (χ4v) is 4.38. The Kier molecular flexibility index (Phi) is 6.21. The van der Waals surface area contributed by atoms with Gasteiger partial charge in [0.15, 0.2) is 0 Å². The number of hydrogen-bond acceptors (Lipinski definition) is 2. The van der Waals surface area contributed by atoms with Crippen LogP contribution in [0.2, 0.25) is 0 Å². The van der Waals surface area contributed by atoms with E-state index in [4.69, 9.17) is 0 Å². The fourth-order valence-electron chi connectivity index (χ4n) is 3.22. The van der Waals surface area contributed by atoms with Crippen LogP contribution in [0.5, 0.6) is 5.75 Å². The second-order valence-corrected chi connectivity index (χ2v) is 12.3. The second kappa shape index (κ2) is 7.67. The molecule has 0 saturated heterocycles. The van der Waals surface area contributed by atoms with Crippen LogP contribution in [0.25, 0.3) is 0 Å². The summed E-state index contributed by atoms with van der Waals surface area (Å²) in [6.07, 6.45) is 0. The van der Waals surface area contributed by atoms with Crippen LogP contribution in [-0.2, 0) is 32.8 Å². The summed E-state index contributed by atoms with van der Waals surface area (Å²) in [5, 5.41) is 10.9. The van der Waals surface area contributed by atoms with Crippen LogP contribution in [0.15, 0.2) is 41.3 Å². The number of rotatable bonds is 3. The second-order valence-electron chi connectivity index (χ2n) is 10.8. The molecule has 0 saturated carbocycles. The normalized spacial score (nSPS) is 14.2. The summed E-state index contributed by atoms with van der Waals surface area (Å²) in [5.41, 5.74) is 3.71. The molecule has 0 fully saturated rings. The minimum absolute atomic E-state index is 0.109. The first-order valence-electron chi connectivity index (χ1n) is 9.96. The molecule has 0 aliphatic carbocycles. The zero-order chi connectivity index (χ0) is 21.5. The van der Waals surface area contributed by atoms with Crippen molar-refractivity contribution in [2.75, 3.05) is 0 Å². The molecule has 0 spiro atoms. The molecule has 0 radical (unpaired) electrons. The molecule has 0 bridgehead atoms. The lowest BCUT2D eigenvalue weighted by Crippen LogP contribution is -2.18. The minimum Gasteiger partial charge on any atom is -0.507 e. The van der Waals surface area contributed by atoms with Gasteiger partial charge in [-0.15, -0.1) is 0 Å². The average molecular weight is 401 g/mol. The molecule has 28 heavy (non-hydrogen) atoms. The number of phenols is 1. The first-order chi connectivity index (χ1) is 12.6. The van der Waals surface area contributed by atoms with Crippen molar-refractivity contribution >= 4 is 10.8 Å². The molecule has 154 valence electrons. The maximum atomic E-state index is 13.2. The van der Waals surface area contributed by atoms with E-state index in [1.807, 2.05) is 12.1 Å². The highest BCUT2D eigenvalue weighted by atomic mass is 32.2. The van der Waals surface area contributed by atoms with E-state index in [1.165, 1.54) is 5.56 Å². The lowest BCUT2D eigenvalue weighted by Gasteiger charge is -2.28. The highest BCUT2D eigenvalue weighted by Crippen LogP contribution is 2.40. The standard InChI is InChI=1S/C25H36O2S/c1-23(2,3)18-12-10-17(11-13-18)16-28(27)19-14-20(24(4,5)6)22(26)21(15-19)25(7,8)9/h10-15,26H,16H2,1-9H3. The highest BCUT2D eigenvalue weighted by molar-refractivity contribution is 7.84. The Morgan fingerprint density at radius 1 is 0.750 bits per heavy atom. The van der Waals surface area contributed by atoms with Gasteiger partial charge in [-0.25, -0.2) is 0 Å². The molecule has 0 aliphatic rings. The smallest absolute Gasteiger partial charge is 0.123 e. The van der Waals surface area contributed by atoms with Crippen LogP contribution in [0.4, 0.5) is 0 Å². The predicted octanol–water partition coefficient (Wildman–Crippen LogP) is 6.59. The first kappa shape index (κ1) is 22.7. The molecule has 1 N–H and O–H groups in total. The monoisotopic (exact) mass is 400 g/mol. The Balaban J connectivity index is 2.42. The lowest BCUT2D eigenvalue weighted by molar-refractivity contribution is 0.422. The third-order valence-corrected chi connectivity index (χ3v) is 6.44. The van der Waals surface area contributed by atoms with Gasteiger partial charge in [-0.1, -0.05) is 86.6 Å².